The number of nitrogens with one attached hydrogen (secondary N) is 1. The lowest BCUT2D eigenvalue weighted by molar-refractivity contribution is -0.142. The number of hydrogen-bond acceptors (Lipinski definition) is 4. The van der Waals surface area contributed by atoms with Gasteiger partial charge in [0.05, 0.1) is 17.1 Å². The van der Waals surface area contributed by atoms with Crippen molar-refractivity contribution < 1.29 is 14.7 Å². The standard InChI is InChI=1S/C11H16N2O3S/c1-6(2)8(11(15)16)4-12-10(14)9-7(3)13-5-17-9/h5-6,8H,4H2,1-3H3,(H,12,14)(H,15,16). The van der Waals surface area contributed by atoms with Gasteiger partial charge in [0.1, 0.15) is 4.88 Å². The van der Waals surface area contributed by atoms with Gasteiger partial charge in [0.25, 0.3) is 5.91 Å². The summed E-state index contributed by atoms with van der Waals surface area (Å²) >= 11 is 1.26. The summed E-state index contributed by atoms with van der Waals surface area (Å²) in [7, 11) is 0. The monoisotopic (exact) mass is 256 g/mol. The number of rotatable bonds is 5. The smallest absolute Gasteiger partial charge is 0.308 e. The first-order valence-electron chi connectivity index (χ1n) is 5.34. The normalized spacial score (nSPS) is 12.5. The average molecular weight is 256 g/mol. The van der Waals surface area contributed by atoms with Crippen molar-refractivity contribution >= 4 is 23.2 Å². The van der Waals surface area contributed by atoms with Gasteiger partial charge in [-0.2, -0.15) is 0 Å². The van der Waals surface area contributed by atoms with E-state index in [4.69, 9.17) is 5.11 Å². The van der Waals surface area contributed by atoms with Crippen molar-refractivity contribution in [1.82, 2.24) is 10.3 Å². The molecule has 0 saturated heterocycles. The predicted molar refractivity (Wildman–Crippen MR) is 65.1 cm³/mol. The third-order valence-corrected chi connectivity index (χ3v) is 3.48. The summed E-state index contributed by atoms with van der Waals surface area (Å²) in [5, 5.41) is 11.6. The van der Waals surface area contributed by atoms with Crippen molar-refractivity contribution in [3.63, 3.8) is 0 Å². The number of carboxylic acid groups (broad SMARTS) is 1. The van der Waals surface area contributed by atoms with Crippen LogP contribution in [0.2, 0.25) is 0 Å². The summed E-state index contributed by atoms with van der Waals surface area (Å²) < 4.78 is 0. The predicted octanol–water partition coefficient (Wildman–Crippen LogP) is 1.54. The maximum absolute atomic E-state index is 11.7. The van der Waals surface area contributed by atoms with Gasteiger partial charge in [-0.25, -0.2) is 4.98 Å². The highest BCUT2D eigenvalue weighted by molar-refractivity contribution is 7.11. The first-order valence-corrected chi connectivity index (χ1v) is 6.22. The molecule has 1 aromatic rings. The number of thiazole rings is 1. The molecule has 0 spiro atoms. The molecule has 17 heavy (non-hydrogen) atoms. The van der Waals surface area contributed by atoms with Crippen LogP contribution < -0.4 is 5.32 Å². The highest BCUT2D eigenvalue weighted by Gasteiger charge is 2.22. The molecule has 0 aliphatic rings. The zero-order valence-corrected chi connectivity index (χ0v) is 10.9. The molecule has 0 aliphatic carbocycles. The second kappa shape index (κ2) is 5.77. The van der Waals surface area contributed by atoms with Gasteiger partial charge >= 0.3 is 5.97 Å². The maximum atomic E-state index is 11.7. The lowest BCUT2D eigenvalue weighted by atomic mass is 9.96. The number of carbonyl (C=O) groups excluding carboxylic acids is 1. The average Bonchev–Trinajstić information content (AvgIpc) is 2.63. The first-order chi connectivity index (χ1) is 7.93. The molecule has 1 amide bonds. The van der Waals surface area contributed by atoms with E-state index in [1.165, 1.54) is 11.3 Å². The highest BCUT2D eigenvalue weighted by atomic mass is 32.1. The number of carbonyl (C=O) groups is 2. The van der Waals surface area contributed by atoms with Crippen LogP contribution in [0.5, 0.6) is 0 Å². The Bertz CT molecular complexity index is 415. The van der Waals surface area contributed by atoms with E-state index in [1.54, 1.807) is 12.4 Å². The number of aromatic nitrogens is 1. The SMILES string of the molecule is Cc1ncsc1C(=O)NCC(C(=O)O)C(C)C. The van der Waals surface area contributed by atoms with Crippen molar-refractivity contribution in [1.29, 1.82) is 0 Å². The molecule has 1 unspecified atom stereocenters. The Morgan fingerprint density at radius 3 is 2.59 bits per heavy atom. The molecule has 94 valence electrons. The van der Waals surface area contributed by atoms with Crippen LogP contribution >= 0.6 is 11.3 Å². The lowest BCUT2D eigenvalue weighted by Crippen LogP contribution is -2.35. The van der Waals surface area contributed by atoms with E-state index in [1.807, 2.05) is 13.8 Å². The Labute approximate surface area is 104 Å². The van der Waals surface area contributed by atoms with Crippen molar-refractivity contribution in [2.24, 2.45) is 11.8 Å². The summed E-state index contributed by atoms with van der Waals surface area (Å²) in [5.74, 6) is -1.72. The van der Waals surface area contributed by atoms with Crippen LogP contribution in [0.25, 0.3) is 0 Å². The summed E-state index contributed by atoms with van der Waals surface area (Å²) in [6.07, 6.45) is 0. The summed E-state index contributed by atoms with van der Waals surface area (Å²) in [5.41, 5.74) is 2.27. The first kappa shape index (κ1) is 13.6. The number of aryl methyl sites for hydroxylation is 1. The number of amides is 1. The molecular formula is C11H16N2O3S. The Hall–Kier alpha value is -1.43. The van der Waals surface area contributed by atoms with Crippen LogP contribution in [-0.2, 0) is 4.79 Å². The quantitative estimate of drug-likeness (QED) is 0.837. The van der Waals surface area contributed by atoms with Crippen LogP contribution in [0.15, 0.2) is 5.51 Å². The minimum Gasteiger partial charge on any atom is -0.481 e. The number of aliphatic carboxylic acids is 1. The number of nitrogens with zero attached hydrogens (tertiary/aromatic N) is 1. The van der Waals surface area contributed by atoms with E-state index >= 15 is 0 Å². The fourth-order valence-corrected chi connectivity index (χ4v) is 2.13. The second-order valence-electron chi connectivity index (χ2n) is 4.17. The van der Waals surface area contributed by atoms with Gasteiger partial charge in [-0.1, -0.05) is 13.8 Å². The van der Waals surface area contributed by atoms with Gasteiger partial charge < -0.3 is 10.4 Å². The van der Waals surface area contributed by atoms with Crippen LogP contribution in [0.4, 0.5) is 0 Å². The summed E-state index contributed by atoms with van der Waals surface area (Å²) in [6, 6.07) is 0. The fourth-order valence-electron chi connectivity index (χ4n) is 1.41. The molecule has 0 aliphatic heterocycles. The topological polar surface area (TPSA) is 79.3 Å². The molecule has 0 saturated carbocycles. The minimum absolute atomic E-state index is 0.0182. The van der Waals surface area contributed by atoms with E-state index in [0.717, 1.165) is 0 Å². The molecule has 1 rings (SSSR count). The Kier molecular flexibility index (Phi) is 4.62. The van der Waals surface area contributed by atoms with Crippen molar-refractivity contribution in [2.45, 2.75) is 20.8 Å². The molecule has 5 nitrogen and oxygen atoms in total. The van der Waals surface area contributed by atoms with E-state index in [9.17, 15) is 9.59 Å². The molecule has 6 heteroatoms. The van der Waals surface area contributed by atoms with Crippen molar-refractivity contribution in [3.8, 4) is 0 Å². The van der Waals surface area contributed by atoms with Gasteiger partial charge in [0.2, 0.25) is 0 Å². The zero-order chi connectivity index (χ0) is 13.0. The Morgan fingerprint density at radius 2 is 2.18 bits per heavy atom. The van der Waals surface area contributed by atoms with Gasteiger partial charge in [-0.05, 0) is 12.8 Å². The van der Waals surface area contributed by atoms with Gasteiger partial charge in [0.15, 0.2) is 0 Å². The summed E-state index contributed by atoms with van der Waals surface area (Å²) in [6.45, 7) is 5.54. The number of carboxylic acids is 1. The maximum Gasteiger partial charge on any atom is 0.308 e. The van der Waals surface area contributed by atoms with E-state index in [-0.39, 0.29) is 18.4 Å². The molecule has 1 heterocycles. The van der Waals surface area contributed by atoms with E-state index in [0.29, 0.717) is 10.6 Å². The molecule has 2 N–H and O–H groups in total. The molecular weight excluding hydrogens is 240 g/mol. The van der Waals surface area contributed by atoms with Gasteiger partial charge in [-0.15, -0.1) is 11.3 Å². The van der Waals surface area contributed by atoms with Gasteiger partial charge in [-0.3, -0.25) is 9.59 Å². The third kappa shape index (κ3) is 3.52. The highest BCUT2D eigenvalue weighted by Crippen LogP contribution is 2.13. The lowest BCUT2D eigenvalue weighted by Gasteiger charge is -2.16. The molecule has 0 fully saturated rings. The van der Waals surface area contributed by atoms with Crippen LogP contribution in [-0.4, -0.2) is 28.5 Å². The molecule has 0 radical (unpaired) electrons. The zero-order valence-electron chi connectivity index (χ0n) is 10.1. The van der Waals surface area contributed by atoms with Crippen LogP contribution in [0.3, 0.4) is 0 Å². The molecule has 0 aromatic carbocycles. The molecule has 0 bridgehead atoms. The molecule has 1 atom stereocenters. The minimum atomic E-state index is -0.888. The largest absolute Gasteiger partial charge is 0.481 e. The van der Waals surface area contributed by atoms with E-state index < -0.39 is 11.9 Å². The van der Waals surface area contributed by atoms with E-state index in [2.05, 4.69) is 10.3 Å². The number of hydrogen-bond donors (Lipinski definition) is 2. The molecule has 1 aromatic heterocycles. The van der Waals surface area contributed by atoms with Crippen LogP contribution in [0.1, 0.15) is 29.2 Å². The third-order valence-electron chi connectivity index (χ3n) is 2.56. The van der Waals surface area contributed by atoms with Crippen LogP contribution in [0, 0.1) is 18.8 Å². The summed E-state index contributed by atoms with van der Waals surface area (Å²) in [4.78, 5) is 27.2. The van der Waals surface area contributed by atoms with Gasteiger partial charge in [0, 0.05) is 6.54 Å². The Morgan fingerprint density at radius 1 is 1.53 bits per heavy atom. The fraction of sp³-hybridized carbons (Fsp3) is 0.545. The Balaban J connectivity index is 2.59. The second-order valence-corrected chi connectivity index (χ2v) is 5.02. The van der Waals surface area contributed by atoms with Crippen molar-refractivity contribution in [2.75, 3.05) is 6.54 Å². The van der Waals surface area contributed by atoms with Crippen molar-refractivity contribution in [3.05, 3.63) is 16.1 Å².